The van der Waals surface area contributed by atoms with Crippen LogP contribution in [0.4, 0.5) is 4.39 Å². The lowest BCUT2D eigenvalue weighted by Gasteiger charge is -2.11. The van der Waals surface area contributed by atoms with Crippen molar-refractivity contribution in [2.24, 2.45) is 0 Å². The zero-order chi connectivity index (χ0) is 17.9. The number of nitrogens with one attached hydrogen (secondary N) is 1. The maximum Gasteiger partial charge on any atom is 0.161 e. The summed E-state index contributed by atoms with van der Waals surface area (Å²) in [4.78, 5) is 7.64. The van der Waals surface area contributed by atoms with Gasteiger partial charge in [0.1, 0.15) is 18.2 Å². The van der Waals surface area contributed by atoms with Crippen LogP contribution in [0.15, 0.2) is 66.7 Å². The van der Waals surface area contributed by atoms with Crippen molar-refractivity contribution in [2.75, 3.05) is 7.11 Å². The zero-order valence-electron chi connectivity index (χ0n) is 14.2. The number of imidazole rings is 1. The lowest BCUT2D eigenvalue weighted by Crippen LogP contribution is -1.97. The molecule has 0 spiro atoms. The molecule has 0 bridgehead atoms. The summed E-state index contributed by atoms with van der Waals surface area (Å²) in [5.41, 5.74) is 3.29. The van der Waals surface area contributed by atoms with Crippen molar-refractivity contribution in [3.8, 4) is 22.9 Å². The molecule has 1 heterocycles. The number of ether oxygens (including phenoxy) is 2. The fourth-order valence-corrected chi connectivity index (χ4v) is 2.79. The fraction of sp³-hybridized carbons (Fsp3) is 0.0952. The van der Waals surface area contributed by atoms with Gasteiger partial charge in [-0.25, -0.2) is 9.37 Å². The Balaban J connectivity index is 1.61. The number of fused-ring (bicyclic) bond motifs is 1. The number of methoxy groups -OCH3 is 1. The first-order chi connectivity index (χ1) is 12.7. The second kappa shape index (κ2) is 6.88. The van der Waals surface area contributed by atoms with Gasteiger partial charge in [-0.1, -0.05) is 30.3 Å². The van der Waals surface area contributed by atoms with E-state index >= 15 is 0 Å². The maximum atomic E-state index is 13.4. The molecule has 0 saturated carbocycles. The second-order valence-corrected chi connectivity index (χ2v) is 5.89. The van der Waals surface area contributed by atoms with Crippen LogP contribution in [-0.2, 0) is 6.61 Å². The molecule has 4 aromatic rings. The third-order valence-electron chi connectivity index (χ3n) is 4.12. The summed E-state index contributed by atoms with van der Waals surface area (Å²) in [5, 5.41) is 0. The molecular formula is C21H17FN2O2. The third-order valence-corrected chi connectivity index (χ3v) is 4.12. The molecule has 0 aliphatic carbocycles. The molecule has 3 aromatic carbocycles. The average Bonchev–Trinajstić information content (AvgIpc) is 3.10. The van der Waals surface area contributed by atoms with E-state index < -0.39 is 0 Å². The molecule has 0 aliphatic rings. The minimum absolute atomic E-state index is 0.296. The van der Waals surface area contributed by atoms with Gasteiger partial charge in [0.15, 0.2) is 11.5 Å². The van der Waals surface area contributed by atoms with Gasteiger partial charge < -0.3 is 14.5 Å². The number of nitrogens with zero attached hydrogens (tertiary/aromatic N) is 1. The molecule has 0 aliphatic heterocycles. The summed E-state index contributed by atoms with van der Waals surface area (Å²) in [6.07, 6.45) is 0. The van der Waals surface area contributed by atoms with Gasteiger partial charge in [0.05, 0.1) is 18.1 Å². The van der Waals surface area contributed by atoms with Gasteiger partial charge in [-0.05, 0) is 42.0 Å². The van der Waals surface area contributed by atoms with Crippen molar-refractivity contribution in [1.29, 1.82) is 0 Å². The SMILES string of the molecule is COc1cc(-c2nc3ccc(F)cc3[nH]2)ccc1OCc1ccccc1. The average molecular weight is 348 g/mol. The van der Waals surface area contributed by atoms with Crippen molar-refractivity contribution in [3.05, 3.63) is 78.1 Å². The standard InChI is InChI=1S/C21H17FN2O2/c1-25-20-11-15(21-23-17-9-8-16(22)12-18(17)24-21)7-10-19(20)26-13-14-5-3-2-4-6-14/h2-12H,13H2,1H3,(H,23,24). The number of benzene rings is 3. The monoisotopic (exact) mass is 348 g/mol. The van der Waals surface area contributed by atoms with E-state index in [-0.39, 0.29) is 5.82 Å². The van der Waals surface area contributed by atoms with Crippen molar-refractivity contribution in [2.45, 2.75) is 6.61 Å². The number of rotatable bonds is 5. The highest BCUT2D eigenvalue weighted by molar-refractivity contribution is 5.79. The molecule has 0 fully saturated rings. The number of hydrogen-bond donors (Lipinski definition) is 1. The number of H-pyrrole nitrogens is 1. The van der Waals surface area contributed by atoms with E-state index in [2.05, 4.69) is 9.97 Å². The van der Waals surface area contributed by atoms with Crippen LogP contribution in [0, 0.1) is 5.82 Å². The molecular weight excluding hydrogens is 331 g/mol. The summed E-state index contributed by atoms with van der Waals surface area (Å²) in [5.74, 6) is 1.63. The van der Waals surface area contributed by atoms with Crippen LogP contribution in [-0.4, -0.2) is 17.1 Å². The predicted molar refractivity (Wildman–Crippen MR) is 98.8 cm³/mol. The van der Waals surface area contributed by atoms with Gasteiger partial charge in [0.25, 0.3) is 0 Å². The Morgan fingerprint density at radius 2 is 1.81 bits per heavy atom. The van der Waals surface area contributed by atoms with Gasteiger partial charge in [-0.2, -0.15) is 0 Å². The Bertz CT molecular complexity index is 1040. The highest BCUT2D eigenvalue weighted by atomic mass is 19.1. The number of aromatic nitrogens is 2. The molecule has 0 atom stereocenters. The molecule has 0 saturated heterocycles. The summed E-state index contributed by atoms with van der Waals surface area (Å²) in [6, 6.07) is 20.0. The molecule has 1 aromatic heterocycles. The first-order valence-corrected chi connectivity index (χ1v) is 8.23. The minimum Gasteiger partial charge on any atom is -0.493 e. The summed E-state index contributed by atoms with van der Waals surface area (Å²) in [7, 11) is 1.60. The Morgan fingerprint density at radius 3 is 2.62 bits per heavy atom. The second-order valence-electron chi connectivity index (χ2n) is 5.89. The summed E-state index contributed by atoms with van der Waals surface area (Å²) >= 11 is 0. The number of hydrogen-bond acceptors (Lipinski definition) is 3. The molecule has 1 N–H and O–H groups in total. The van der Waals surface area contributed by atoms with E-state index in [1.807, 2.05) is 48.5 Å². The van der Waals surface area contributed by atoms with Crippen LogP contribution in [0.5, 0.6) is 11.5 Å². The smallest absolute Gasteiger partial charge is 0.161 e. The van der Waals surface area contributed by atoms with E-state index in [1.54, 1.807) is 13.2 Å². The third kappa shape index (κ3) is 3.24. The van der Waals surface area contributed by atoms with Crippen LogP contribution >= 0.6 is 0 Å². The van der Waals surface area contributed by atoms with E-state index in [1.165, 1.54) is 12.1 Å². The Hall–Kier alpha value is -3.34. The van der Waals surface area contributed by atoms with Gasteiger partial charge in [-0.3, -0.25) is 0 Å². The lowest BCUT2D eigenvalue weighted by atomic mass is 10.2. The highest BCUT2D eigenvalue weighted by Gasteiger charge is 2.11. The minimum atomic E-state index is -0.296. The molecule has 130 valence electrons. The van der Waals surface area contributed by atoms with Crippen LogP contribution in [0.2, 0.25) is 0 Å². The first kappa shape index (κ1) is 16.1. The summed E-state index contributed by atoms with van der Waals surface area (Å²) < 4.78 is 24.7. The van der Waals surface area contributed by atoms with Gasteiger partial charge >= 0.3 is 0 Å². The molecule has 5 heteroatoms. The highest BCUT2D eigenvalue weighted by Crippen LogP contribution is 2.32. The molecule has 4 rings (SSSR count). The molecule has 0 unspecified atom stereocenters. The van der Waals surface area contributed by atoms with Crippen molar-refractivity contribution in [3.63, 3.8) is 0 Å². The zero-order valence-corrected chi connectivity index (χ0v) is 14.2. The van der Waals surface area contributed by atoms with Crippen LogP contribution in [0.1, 0.15) is 5.56 Å². The van der Waals surface area contributed by atoms with E-state index in [9.17, 15) is 4.39 Å². The summed E-state index contributed by atoms with van der Waals surface area (Å²) in [6.45, 7) is 0.459. The van der Waals surface area contributed by atoms with Crippen molar-refractivity contribution >= 4 is 11.0 Å². The lowest BCUT2D eigenvalue weighted by molar-refractivity contribution is 0.284. The van der Waals surface area contributed by atoms with Crippen molar-refractivity contribution < 1.29 is 13.9 Å². The molecule has 26 heavy (non-hydrogen) atoms. The number of halogens is 1. The van der Waals surface area contributed by atoms with Gasteiger partial charge in [-0.15, -0.1) is 0 Å². The molecule has 0 radical (unpaired) electrons. The maximum absolute atomic E-state index is 13.4. The topological polar surface area (TPSA) is 47.1 Å². The fourth-order valence-electron chi connectivity index (χ4n) is 2.79. The van der Waals surface area contributed by atoms with E-state index in [4.69, 9.17) is 9.47 Å². The van der Waals surface area contributed by atoms with Gasteiger partial charge in [0, 0.05) is 5.56 Å². The van der Waals surface area contributed by atoms with Gasteiger partial charge in [0.2, 0.25) is 0 Å². The van der Waals surface area contributed by atoms with Crippen LogP contribution < -0.4 is 9.47 Å². The largest absolute Gasteiger partial charge is 0.493 e. The van der Waals surface area contributed by atoms with E-state index in [0.717, 1.165) is 11.1 Å². The number of aromatic amines is 1. The van der Waals surface area contributed by atoms with Crippen LogP contribution in [0.25, 0.3) is 22.4 Å². The van der Waals surface area contributed by atoms with E-state index in [0.29, 0.717) is 35.0 Å². The Labute approximate surface area is 150 Å². The predicted octanol–water partition coefficient (Wildman–Crippen LogP) is 4.96. The molecule has 0 amide bonds. The Kier molecular flexibility index (Phi) is 4.27. The van der Waals surface area contributed by atoms with Crippen LogP contribution in [0.3, 0.4) is 0 Å². The normalized spacial score (nSPS) is 10.8. The first-order valence-electron chi connectivity index (χ1n) is 8.23. The van der Waals surface area contributed by atoms with Crippen molar-refractivity contribution in [1.82, 2.24) is 9.97 Å². The Morgan fingerprint density at radius 1 is 0.962 bits per heavy atom. The quantitative estimate of drug-likeness (QED) is 0.555. The molecule has 4 nitrogen and oxygen atoms in total.